The molecule has 18 heavy (non-hydrogen) atoms. The SMILES string of the molecule is CCCNCC(CCC)Cc1cc(C)cc(C)c1. The Morgan fingerprint density at radius 2 is 1.67 bits per heavy atom. The van der Waals surface area contributed by atoms with Gasteiger partial charge in [-0.3, -0.25) is 0 Å². The molecule has 0 aliphatic heterocycles. The zero-order chi connectivity index (χ0) is 13.4. The molecule has 1 atom stereocenters. The summed E-state index contributed by atoms with van der Waals surface area (Å²) in [5.74, 6) is 0.780. The Morgan fingerprint density at radius 3 is 2.22 bits per heavy atom. The lowest BCUT2D eigenvalue weighted by molar-refractivity contribution is 0.439. The van der Waals surface area contributed by atoms with Crippen molar-refractivity contribution >= 4 is 0 Å². The topological polar surface area (TPSA) is 12.0 Å². The van der Waals surface area contributed by atoms with Gasteiger partial charge in [0.25, 0.3) is 0 Å². The third-order valence-electron chi connectivity index (χ3n) is 3.36. The second-order valence-electron chi connectivity index (χ2n) is 5.56. The molecule has 0 radical (unpaired) electrons. The minimum Gasteiger partial charge on any atom is -0.316 e. The molecule has 1 unspecified atom stereocenters. The van der Waals surface area contributed by atoms with Crippen LogP contribution in [0, 0.1) is 19.8 Å². The van der Waals surface area contributed by atoms with Gasteiger partial charge in [0.2, 0.25) is 0 Å². The molecule has 0 aromatic heterocycles. The molecule has 1 aromatic carbocycles. The van der Waals surface area contributed by atoms with Crippen LogP contribution in [0.2, 0.25) is 0 Å². The monoisotopic (exact) mass is 247 g/mol. The predicted octanol–water partition coefficient (Wildman–Crippen LogP) is 4.26. The van der Waals surface area contributed by atoms with Crippen LogP contribution >= 0.6 is 0 Å². The minimum absolute atomic E-state index is 0.780. The van der Waals surface area contributed by atoms with Crippen molar-refractivity contribution in [2.45, 2.75) is 53.4 Å². The molecule has 1 nitrogen and oxygen atoms in total. The lowest BCUT2D eigenvalue weighted by Gasteiger charge is -2.17. The maximum atomic E-state index is 3.57. The number of rotatable bonds is 8. The van der Waals surface area contributed by atoms with Crippen molar-refractivity contribution in [3.05, 3.63) is 34.9 Å². The molecule has 0 saturated carbocycles. The molecule has 102 valence electrons. The van der Waals surface area contributed by atoms with E-state index in [1.165, 1.54) is 42.4 Å². The average molecular weight is 247 g/mol. The number of hydrogen-bond donors (Lipinski definition) is 1. The first-order chi connectivity index (χ1) is 8.65. The van der Waals surface area contributed by atoms with Gasteiger partial charge in [0.15, 0.2) is 0 Å². The zero-order valence-electron chi connectivity index (χ0n) is 12.6. The summed E-state index contributed by atoms with van der Waals surface area (Å²) in [6.45, 7) is 11.2. The van der Waals surface area contributed by atoms with E-state index >= 15 is 0 Å². The van der Waals surface area contributed by atoms with E-state index in [4.69, 9.17) is 0 Å². The van der Waals surface area contributed by atoms with Crippen LogP contribution < -0.4 is 5.32 Å². The maximum absolute atomic E-state index is 3.57. The summed E-state index contributed by atoms with van der Waals surface area (Å²) in [7, 11) is 0. The summed E-state index contributed by atoms with van der Waals surface area (Å²) in [5, 5.41) is 3.57. The molecule has 0 aliphatic carbocycles. The Morgan fingerprint density at radius 1 is 1.00 bits per heavy atom. The van der Waals surface area contributed by atoms with Crippen LogP contribution in [0.1, 0.15) is 49.8 Å². The molecule has 0 saturated heterocycles. The van der Waals surface area contributed by atoms with Gasteiger partial charge in [-0.15, -0.1) is 0 Å². The first-order valence-electron chi connectivity index (χ1n) is 7.43. The fourth-order valence-corrected chi connectivity index (χ4v) is 2.69. The second-order valence-corrected chi connectivity index (χ2v) is 5.56. The van der Waals surface area contributed by atoms with Crippen LogP contribution in [-0.2, 0) is 6.42 Å². The Kier molecular flexibility index (Phi) is 7.04. The molecule has 0 bridgehead atoms. The molecule has 0 heterocycles. The molecule has 0 aliphatic rings. The zero-order valence-corrected chi connectivity index (χ0v) is 12.6. The van der Waals surface area contributed by atoms with Crippen LogP contribution in [0.4, 0.5) is 0 Å². The van der Waals surface area contributed by atoms with Gasteiger partial charge >= 0.3 is 0 Å². The fourth-order valence-electron chi connectivity index (χ4n) is 2.69. The first kappa shape index (κ1) is 15.2. The summed E-state index contributed by atoms with van der Waals surface area (Å²) >= 11 is 0. The quantitative estimate of drug-likeness (QED) is 0.677. The maximum Gasteiger partial charge on any atom is -0.00173 e. The minimum atomic E-state index is 0.780. The summed E-state index contributed by atoms with van der Waals surface area (Å²) < 4.78 is 0. The van der Waals surface area contributed by atoms with Gasteiger partial charge < -0.3 is 5.32 Å². The average Bonchev–Trinajstić information content (AvgIpc) is 2.28. The molecule has 0 fully saturated rings. The van der Waals surface area contributed by atoms with Crippen LogP contribution in [0.25, 0.3) is 0 Å². The van der Waals surface area contributed by atoms with Gasteiger partial charge in [-0.25, -0.2) is 0 Å². The summed E-state index contributed by atoms with van der Waals surface area (Å²) in [5.41, 5.74) is 4.28. The smallest absolute Gasteiger partial charge is 0.00173 e. The van der Waals surface area contributed by atoms with Crippen molar-refractivity contribution in [1.82, 2.24) is 5.32 Å². The van der Waals surface area contributed by atoms with Crippen LogP contribution in [0.5, 0.6) is 0 Å². The van der Waals surface area contributed by atoms with Crippen molar-refractivity contribution in [2.75, 3.05) is 13.1 Å². The van der Waals surface area contributed by atoms with E-state index in [0.717, 1.165) is 19.0 Å². The van der Waals surface area contributed by atoms with E-state index in [1.807, 2.05) is 0 Å². The molecule has 1 aromatic rings. The molecule has 1 heteroatoms. The van der Waals surface area contributed by atoms with E-state index in [2.05, 4.69) is 51.2 Å². The molecule has 0 amide bonds. The summed E-state index contributed by atoms with van der Waals surface area (Å²) in [6, 6.07) is 6.94. The highest BCUT2D eigenvalue weighted by atomic mass is 14.8. The number of benzene rings is 1. The Balaban J connectivity index is 2.58. The van der Waals surface area contributed by atoms with Crippen molar-refractivity contribution in [3.8, 4) is 0 Å². The lowest BCUT2D eigenvalue weighted by Crippen LogP contribution is -2.25. The van der Waals surface area contributed by atoms with Crippen molar-refractivity contribution in [1.29, 1.82) is 0 Å². The van der Waals surface area contributed by atoms with Gasteiger partial charge in [0.05, 0.1) is 0 Å². The predicted molar refractivity (Wildman–Crippen MR) is 81.2 cm³/mol. The number of nitrogens with one attached hydrogen (secondary N) is 1. The van der Waals surface area contributed by atoms with E-state index in [1.54, 1.807) is 0 Å². The van der Waals surface area contributed by atoms with E-state index in [-0.39, 0.29) is 0 Å². The standard InChI is InChI=1S/C17H29N/c1-5-7-16(13-18-8-6-2)12-17-10-14(3)9-15(4)11-17/h9-11,16,18H,5-8,12-13H2,1-4H3. The molecular formula is C17H29N. The van der Waals surface area contributed by atoms with Gasteiger partial charge in [0.1, 0.15) is 0 Å². The Bertz CT molecular complexity index is 323. The molecule has 1 N–H and O–H groups in total. The molecule has 0 spiro atoms. The van der Waals surface area contributed by atoms with Crippen molar-refractivity contribution in [2.24, 2.45) is 5.92 Å². The highest BCUT2D eigenvalue weighted by Gasteiger charge is 2.09. The largest absolute Gasteiger partial charge is 0.316 e. The fraction of sp³-hybridized carbons (Fsp3) is 0.647. The van der Waals surface area contributed by atoms with E-state index in [9.17, 15) is 0 Å². The highest BCUT2D eigenvalue weighted by molar-refractivity contribution is 5.28. The Labute approximate surface area is 113 Å². The van der Waals surface area contributed by atoms with Crippen LogP contribution in [0.3, 0.4) is 0 Å². The molecular weight excluding hydrogens is 218 g/mol. The highest BCUT2D eigenvalue weighted by Crippen LogP contribution is 2.16. The van der Waals surface area contributed by atoms with Gasteiger partial charge in [-0.1, -0.05) is 49.6 Å². The molecule has 1 rings (SSSR count). The third kappa shape index (κ3) is 5.68. The lowest BCUT2D eigenvalue weighted by atomic mass is 9.93. The Hall–Kier alpha value is -0.820. The van der Waals surface area contributed by atoms with E-state index in [0.29, 0.717) is 0 Å². The van der Waals surface area contributed by atoms with Gasteiger partial charge in [-0.05, 0) is 57.7 Å². The first-order valence-corrected chi connectivity index (χ1v) is 7.43. The van der Waals surface area contributed by atoms with Crippen molar-refractivity contribution < 1.29 is 0 Å². The number of aryl methyl sites for hydroxylation is 2. The van der Waals surface area contributed by atoms with Crippen LogP contribution in [-0.4, -0.2) is 13.1 Å². The van der Waals surface area contributed by atoms with Crippen molar-refractivity contribution in [3.63, 3.8) is 0 Å². The van der Waals surface area contributed by atoms with Gasteiger partial charge in [0, 0.05) is 0 Å². The van der Waals surface area contributed by atoms with Gasteiger partial charge in [-0.2, -0.15) is 0 Å². The second kappa shape index (κ2) is 8.31. The van der Waals surface area contributed by atoms with E-state index < -0.39 is 0 Å². The normalized spacial score (nSPS) is 12.7. The van der Waals surface area contributed by atoms with Crippen LogP contribution in [0.15, 0.2) is 18.2 Å². The summed E-state index contributed by atoms with van der Waals surface area (Å²) in [4.78, 5) is 0. The third-order valence-corrected chi connectivity index (χ3v) is 3.36. The number of hydrogen-bond acceptors (Lipinski definition) is 1. The summed E-state index contributed by atoms with van der Waals surface area (Å²) in [6.07, 6.45) is 5.04.